The largest absolute Gasteiger partial charge is 0.454 e. The molecule has 0 saturated carbocycles. The van der Waals surface area contributed by atoms with Gasteiger partial charge in [0, 0.05) is 11.3 Å². The SMILES string of the molecule is O=C(Nc1ccc2oc(-c3c(F)c(F)c(F)c(F)c3F)nc2c1)c1ccc2c(c1)OCO2. The van der Waals surface area contributed by atoms with Crippen LogP contribution in [0, 0.1) is 29.1 Å². The zero-order chi connectivity index (χ0) is 22.6. The number of carbonyl (C=O) groups is 1. The van der Waals surface area contributed by atoms with Gasteiger partial charge in [-0.15, -0.1) is 0 Å². The van der Waals surface area contributed by atoms with E-state index in [9.17, 15) is 26.7 Å². The molecule has 0 spiro atoms. The molecule has 0 aliphatic carbocycles. The van der Waals surface area contributed by atoms with E-state index in [1.54, 1.807) is 6.07 Å². The molecule has 162 valence electrons. The van der Waals surface area contributed by atoms with Crippen molar-refractivity contribution in [2.45, 2.75) is 0 Å². The summed E-state index contributed by atoms with van der Waals surface area (Å²) in [6.45, 7) is 0.0502. The third-order valence-electron chi connectivity index (χ3n) is 4.70. The lowest BCUT2D eigenvalue weighted by atomic mass is 10.1. The first-order valence-electron chi connectivity index (χ1n) is 8.97. The summed E-state index contributed by atoms with van der Waals surface area (Å²) in [6.07, 6.45) is 0. The van der Waals surface area contributed by atoms with E-state index >= 15 is 0 Å². The second-order valence-electron chi connectivity index (χ2n) is 6.67. The van der Waals surface area contributed by atoms with Crippen LogP contribution in [-0.4, -0.2) is 17.7 Å². The van der Waals surface area contributed by atoms with Crippen molar-refractivity contribution in [3.63, 3.8) is 0 Å². The highest BCUT2D eigenvalue weighted by atomic mass is 19.2. The predicted molar refractivity (Wildman–Crippen MR) is 99.8 cm³/mol. The van der Waals surface area contributed by atoms with Gasteiger partial charge in [-0.2, -0.15) is 0 Å². The highest BCUT2D eigenvalue weighted by Gasteiger charge is 2.29. The Kier molecular flexibility index (Phi) is 4.47. The maximum atomic E-state index is 14.1. The molecule has 1 aliphatic heterocycles. The van der Waals surface area contributed by atoms with Crippen LogP contribution in [-0.2, 0) is 0 Å². The van der Waals surface area contributed by atoms with Gasteiger partial charge >= 0.3 is 0 Å². The predicted octanol–water partition coefficient (Wildman–Crippen LogP) is 5.17. The van der Waals surface area contributed by atoms with Crippen molar-refractivity contribution in [2.75, 3.05) is 12.1 Å². The number of oxazole rings is 1. The van der Waals surface area contributed by atoms with Crippen LogP contribution in [0.15, 0.2) is 40.8 Å². The zero-order valence-corrected chi connectivity index (χ0v) is 15.6. The molecule has 0 bridgehead atoms. The summed E-state index contributed by atoms with van der Waals surface area (Å²) in [4.78, 5) is 16.3. The number of hydrogen-bond donors (Lipinski definition) is 1. The van der Waals surface area contributed by atoms with Crippen LogP contribution in [0.2, 0.25) is 0 Å². The summed E-state index contributed by atoms with van der Waals surface area (Å²) in [7, 11) is 0. The molecule has 0 atom stereocenters. The first-order chi connectivity index (χ1) is 15.3. The Hall–Kier alpha value is -4.15. The number of carbonyl (C=O) groups excluding carboxylic acids is 1. The summed E-state index contributed by atoms with van der Waals surface area (Å²) < 4.78 is 84.0. The fraction of sp³-hybridized carbons (Fsp3) is 0.0476. The number of nitrogens with one attached hydrogen (secondary N) is 1. The second-order valence-corrected chi connectivity index (χ2v) is 6.67. The summed E-state index contributed by atoms with van der Waals surface area (Å²) in [5.74, 6) is -11.0. The number of ether oxygens (including phenoxy) is 2. The van der Waals surface area contributed by atoms with E-state index in [0.717, 1.165) is 0 Å². The van der Waals surface area contributed by atoms with Crippen molar-refractivity contribution in [3.8, 4) is 23.0 Å². The Morgan fingerprint density at radius 2 is 1.53 bits per heavy atom. The minimum Gasteiger partial charge on any atom is -0.454 e. The minimum atomic E-state index is -2.28. The summed E-state index contributed by atoms with van der Waals surface area (Å²) >= 11 is 0. The van der Waals surface area contributed by atoms with Gasteiger partial charge in [-0.25, -0.2) is 26.9 Å². The van der Waals surface area contributed by atoms with E-state index in [0.29, 0.717) is 11.5 Å². The van der Waals surface area contributed by atoms with E-state index in [1.807, 2.05) is 0 Å². The van der Waals surface area contributed by atoms with E-state index in [-0.39, 0.29) is 29.1 Å². The molecule has 6 nitrogen and oxygen atoms in total. The number of fused-ring (bicyclic) bond motifs is 2. The van der Waals surface area contributed by atoms with Gasteiger partial charge in [0.15, 0.2) is 40.4 Å². The van der Waals surface area contributed by atoms with Crippen molar-refractivity contribution in [3.05, 3.63) is 71.0 Å². The number of halogens is 5. The third kappa shape index (κ3) is 3.09. The minimum absolute atomic E-state index is 0.00465. The molecule has 0 saturated heterocycles. The molecule has 1 aromatic heterocycles. The lowest BCUT2D eigenvalue weighted by molar-refractivity contribution is 0.102. The second kappa shape index (κ2) is 7.22. The quantitative estimate of drug-likeness (QED) is 0.266. The fourth-order valence-corrected chi connectivity index (χ4v) is 3.15. The van der Waals surface area contributed by atoms with Crippen LogP contribution in [0.4, 0.5) is 27.6 Å². The van der Waals surface area contributed by atoms with Crippen LogP contribution >= 0.6 is 0 Å². The molecule has 1 amide bonds. The normalized spacial score (nSPS) is 12.4. The molecule has 0 radical (unpaired) electrons. The van der Waals surface area contributed by atoms with Crippen LogP contribution in [0.1, 0.15) is 10.4 Å². The summed E-state index contributed by atoms with van der Waals surface area (Å²) in [5, 5.41) is 2.60. The fourth-order valence-electron chi connectivity index (χ4n) is 3.15. The molecule has 2 heterocycles. The standard InChI is InChI=1S/C21H9F5N2O4/c22-15-14(16(23)18(25)19(26)17(15)24)21-28-10-6-9(2-4-11(10)32-21)27-20(29)8-1-3-12-13(5-8)31-7-30-12/h1-6H,7H2,(H,27,29). The van der Waals surface area contributed by atoms with Crippen molar-refractivity contribution in [1.29, 1.82) is 0 Å². The lowest BCUT2D eigenvalue weighted by Crippen LogP contribution is -2.11. The molecular formula is C21H9F5N2O4. The smallest absolute Gasteiger partial charge is 0.255 e. The van der Waals surface area contributed by atoms with Crippen molar-refractivity contribution >= 4 is 22.7 Å². The van der Waals surface area contributed by atoms with Gasteiger partial charge in [0.1, 0.15) is 11.1 Å². The van der Waals surface area contributed by atoms with Gasteiger partial charge in [-0.3, -0.25) is 4.79 Å². The molecule has 3 aromatic carbocycles. The van der Waals surface area contributed by atoms with Crippen molar-refractivity contribution in [1.82, 2.24) is 4.98 Å². The van der Waals surface area contributed by atoms with E-state index in [1.165, 1.54) is 30.3 Å². The topological polar surface area (TPSA) is 73.6 Å². The van der Waals surface area contributed by atoms with Gasteiger partial charge in [0.05, 0.1) is 0 Å². The van der Waals surface area contributed by atoms with Crippen molar-refractivity contribution in [2.24, 2.45) is 0 Å². The molecule has 32 heavy (non-hydrogen) atoms. The number of hydrogen-bond acceptors (Lipinski definition) is 5. The van der Waals surface area contributed by atoms with E-state index in [4.69, 9.17) is 13.9 Å². The first-order valence-corrected chi connectivity index (χ1v) is 8.97. The lowest BCUT2D eigenvalue weighted by Gasteiger charge is -2.05. The monoisotopic (exact) mass is 448 g/mol. The maximum Gasteiger partial charge on any atom is 0.255 e. The molecule has 0 fully saturated rings. The third-order valence-corrected chi connectivity index (χ3v) is 4.70. The average molecular weight is 448 g/mol. The maximum absolute atomic E-state index is 14.1. The summed E-state index contributed by atoms with van der Waals surface area (Å²) in [5.41, 5.74) is -0.741. The van der Waals surface area contributed by atoms with Gasteiger partial charge < -0.3 is 19.2 Å². The van der Waals surface area contributed by atoms with Gasteiger partial charge in [-0.1, -0.05) is 0 Å². The molecular weight excluding hydrogens is 439 g/mol. The average Bonchev–Trinajstić information content (AvgIpc) is 3.42. The molecule has 5 rings (SSSR count). The number of anilines is 1. The Morgan fingerprint density at radius 1 is 0.844 bits per heavy atom. The van der Waals surface area contributed by atoms with Gasteiger partial charge in [0.2, 0.25) is 18.5 Å². The summed E-state index contributed by atoms with van der Waals surface area (Å²) in [6, 6.07) is 8.66. The number of nitrogens with zero attached hydrogens (tertiary/aromatic N) is 1. The van der Waals surface area contributed by atoms with Crippen molar-refractivity contribution < 1.29 is 40.6 Å². The highest BCUT2D eigenvalue weighted by molar-refractivity contribution is 6.05. The van der Waals surface area contributed by atoms with Gasteiger partial charge in [0.25, 0.3) is 5.91 Å². The Labute approximate surface area is 175 Å². The molecule has 0 unspecified atom stereocenters. The van der Waals surface area contributed by atoms with E-state index in [2.05, 4.69) is 10.3 Å². The molecule has 1 N–H and O–H groups in total. The van der Waals surface area contributed by atoms with Crippen LogP contribution in [0.3, 0.4) is 0 Å². The number of aromatic nitrogens is 1. The van der Waals surface area contributed by atoms with Gasteiger partial charge in [-0.05, 0) is 36.4 Å². The Morgan fingerprint density at radius 3 is 2.28 bits per heavy atom. The molecule has 4 aromatic rings. The number of benzene rings is 3. The molecule has 11 heteroatoms. The number of rotatable bonds is 3. The Balaban J connectivity index is 1.47. The number of amides is 1. The molecule has 1 aliphatic rings. The zero-order valence-electron chi connectivity index (χ0n) is 15.6. The van der Waals surface area contributed by atoms with E-state index < -0.39 is 46.4 Å². The highest BCUT2D eigenvalue weighted by Crippen LogP contribution is 2.34. The van der Waals surface area contributed by atoms with Crippen LogP contribution < -0.4 is 14.8 Å². The Bertz CT molecular complexity index is 1390. The first kappa shape index (κ1) is 19.8. The van der Waals surface area contributed by atoms with Crippen LogP contribution in [0.5, 0.6) is 11.5 Å². The van der Waals surface area contributed by atoms with Crippen LogP contribution in [0.25, 0.3) is 22.6 Å².